The number of benzene rings is 2. The highest BCUT2D eigenvalue weighted by atomic mass is 16.6. The molecule has 0 spiro atoms. The van der Waals surface area contributed by atoms with Gasteiger partial charge in [0.2, 0.25) is 0 Å². The first-order chi connectivity index (χ1) is 10.5. The molecule has 2 rings (SSSR count). The summed E-state index contributed by atoms with van der Waals surface area (Å²) in [6.45, 7) is 0.0995. The van der Waals surface area contributed by atoms with E-state index in [1.807, 2.05) is 0 Å². The van der Waals surface area contributed by atoms with E-state index in [4.69, 9.17) is 20.6 Å². The van der Waals surface area contributed by atoms with Gasteiger partial charge in [0.25, 0.3) is 5.69 Å². The molecule has 0 aliphatic rings. The van der Waals surface area contributed by atoms with Crippen molar-refractivity contribution in [1.82, 2.24) is 0 Å². The standard InChI is InChI=1S/C15H15N3O4/c1-21-13-7-3-6-12(15(16)17)14(13)22-9-10-4-2-5-11(8-10)18(19)20/h2-8H,9H2,1H3,(H3,16,17). The van der Waals surface area contributed by atoms with E-state index in [1.165, 1.54) is 19.2 Å². The Morgan fingerprint density at radius 3 is 2.68 bits per heavy atom. The van der Waals surface area contributed by atoms with Gasteiger partial charge in [0.15, 0.2) is 11.5 Å². The predicted molar refractivity (Wildman–Crippen MR) is 81.4 cm³/mol. The van der Waals surface area contributed by atoms with E-state index in [0.29, 0.717) is 22.6 Å². The second-order valence-corrected chi connectivity index (χ2v) is 4.47. The molecule has 7 nitrogen and oxygen atoms in total. The summed E-state index contributed by atoms with van der Waals surface area (Å²) in [4.78, 5) is 10.3. The maximum atomic E-state index is 10.8. The number of nitrogens with two attached hydrogens (primary N) is 1. The van der Waals surface area contributed by atoms with Crippen molar-refractivity contribution in [3.8, 4) is 11.5 Å². The van der Waals surface area contributed by atoms with Crippen LogP contribution in [0.15, 0.2) is 42.5 Å². The van der Waals surface area contributed by atoms with Crippen molar-refractivity contribution >= 4 is 11.5 Å². The maximum Gasteiger partial charge on any atom is 0.269 e. The molecule has 0 unspecified atom stereocenters. The quantitative estimate of drug-likeness (QED) is 0.368. The molecule has 7 heteroatoms. The molecule has 114 valence electrons. The summed E-state index contributed by atoms with van der Waals surface area (Å²) in [7, 11) is 1.49. The maximum absolute atomic E-state index is 10.8. The number of nitrogens with zero attached hydrogens (tertiary/aromatic N) is 1. The lowest BCUT2D eigenvalue weighted by Gasteiger charge is -2.14. The average molecular weight is 301 g/mol. The minimum Gasteiger partial charge on any atom is -0.493 e. The number of nitrogen functional groups attached to an aromatic ring is 1. The average Bonchev–Trinajstić information content (AvgIpc) is 2.52. The Hall–Kier alpha value is -3.09. The van der Waals surface area contributed by atoms with Crippen molar-refractivity contribution in [1.29, 1.82) is 5.41 Å². The lowest BCUT2D eigenvalue weighted by Crippen LogP contribution is -2.13. The fraction of sp³-hybridized carbons (Fsp3) is 0.133. The van der Waals surface area contributed by atoms with Gasteiger partial charge < -0.3 is 15.2 Å². The van der Waals surface area contributed by atoms with Gasteiger partial charge in [0.1, 0.15) is 12.4 Å². The van der Waals surface area contributed by atoms with E-state index in [2.05, 4.69) is 0 Å². The molecule has 0 bridgehead atoms. The third-order valence-electron chi connectivity index (χ3n) is 2.99. The largest absolute Gasteiger partial charge is 0.493 e. The van der Waals surface area contributed by atoms with Gasteiger partial charge in [-0.25, -0.2) is 0 Å². The summed E-state index contributed by atoms with van der Waals surface area (Å²) in [5.41, 5.74) is 6.56. The molecule has 0 aliphatic heterocycles. The molecular formula is C15H15N3O4. The van der Waals surface area contributed by atoms with Crippen LogP contribution in [0.3, 0.4) is 0 Å². The molecule has 0 saturated heterocycles. The van der Waals surface area contributed by atoms with Crippen LogP contribution in [0.2, 0.25) is 0 Å². The Labute approximate surface area is 126 Å². The monoisotopic (exact) mass is 301 g/mol. The molecule has 0 saturated carbocycles. The van der Waals surface area contributed by atoms with Crippen molar-refractivity contribution in [3.05, 3.63) is 63.7 Å². The second-order valence-electron chi connectivity index (χ2n) is 4.47. The number of rotatable bonds is 6. The first-order valence-electron chi connectivity index (χ1n) is 6.40. The van der Waals surface area contributed by atoms with Crippen molar-refractivity contribution in [3.63, 3.8) is 0 Å². The number of hydrogen-bond acceptors (Lipinski definition) is 5. The lowest BCUT2D eigenvalue weighted by atomic mass is 10.1. The Bertz CT molecular complexity index is 716. The minimum absolute atomic E-state index is 0.00656. The van der Waals surface area contributed by atoms with Crippen LogP contribution in [-0.2, 0) is 6.61 Å². The Kier molecular flexibility index (Phi) is 4.57. The fourth-order valence-corrected chi connectivity index (χ4v) is 1.95. The topological polar surface area (TPSA) is 111 Å². The Morgan fingerprint density at radius 2 is 2.05 bits per heavy atom. The zero-order chi connectivity index (χ0) is 16.1. The van der Waals surface area contributed by atoms with E-state index in [-0.39, 0.29) is 18.1 Å². The van der Waals surface area contributed by atoms with Gasteiger partial charge in [-0.1, -0.05) is 18.2 Å². The first kappa shape index (κ1) is 15.3. The summed E-state index contributed by atoms with van der Waals surface area (Å²) < 4.78 is 10.9. The van der Waals surface area contributed by atoms with Crippen molar-refractivity contribution in [2.45, 2.75) is 6.61 Å². The molecule has 0 fully saturated rings. The smallest absolute Gasteiger partial charge is 0.269 e. The van der Waals surface area contributed by atoms with E-state index < -0.39 is 4.92 Å². The SMILES string of the molecule is COc1cccc(C(=N)N)c1OCc1cccc([N+](=O)[O-])c1. The van der Waals surface area contributed by atoms with Gasteiger partial charge in [0, 0.05) is 12.1 Å². The van der Waals surface area contributed by atoms with E-state index in [0.717, 1.165) is 0 Å². The molecule has 0 amide bonds. The highest BCUT2D eigenvalue weighted by Gasteiger charge is 2.13. The van der Waals surface area contributed by atoms with Gasteiger partial charge in [-0.15, -0.1) is 0 Å². The van der Waals surface area contributed by atoms with E-state index in [9.17, 15) is 10.1 Å². The number of hydrogen-bond donors (Lipinski definition) is 2. The molecule has 0 radical (unpaired) electrons. The molecular weight excluding hydrogens is 286 g/mol. The number of nitro groups is 1. The zero-order valence-corrected chi connectivity index (χ0v) is 11.9. The van der Waals surface area contributed by atoms with Crippen LogP contribution in [0.25, 0.3) is 0 Å². The van der Waals surface area contributed by atoms with Crippen LogP contribution in [0, 0.1) is 15.5 Å². The summed E-state index contributed by atoms with van der Waals surface area (Å²) in [5.74, 6) is 0.634. The predicted octanol–water partition coefficient (Wildman–Crippen LogP) is 2.47. The third-order valence-corrected chi connectivity index (χ3v) is 2.99. The number of nitrogens with one attached hydrogen (secondary N) is 1. The minimum atomic E-state index is -0.465. The normalized spacial score (nSPS) is 10.0. The van der Waals surface area contributed by atoms with Gasteiger partial charge in [0.05, 0.1) is 17.6 Å². The summed E-state index contributed by atoms with van der Waals surface area (Å²) in [6.07, 6.45) is 0. The summed E-state index contributed by atoms with van der Waals surface area (Å²) in [5, 5.41) is 18.3. The van der Waals surface area contributed by atoms with Crippen molar-refractivity contribution in [2.24, 2.45) is 5.73 Å². The molecule has 0 atom stereocenters. The van der Waals surface area contributed by atoms with Crippen molar-refractivity contribution < 1.29 is 14.4 Å². The Morgan fingerprint density at radius 1 is 1.32 bits per heavy atom. The number of non-ortho nitro benzene ring substituents is 1. The van der Waals surface area contributed by atoms with Gasteiger partial charge >= 0.3 is 0 Å². The zero-order valence-electron chi connectivity index (χ0n) is 11.9. The number of nitro benzene ring substituents is 1. The summed E-state index contributed by atoms with van der Waals surface area (Å²) >= 11 is 0. The lowest BCUT2D eigenvalue weighted by molar-refractivity contribution is -0.384. The molecule has 2 aromatic carbocycles. The molecule has 22 heavy (non-hydrogen) atoms. The molecule has 3 N–H and O–H groups in total. The second kappa shape index (κ2) is 6.57. The van der Waals surface area contributed by atoms with Crippen LogP contribution in [0.4, 0.5) is 5.69 Å². The first-order valence-corrected chi connectivity index (χ1v) is 6.40. The van der Waals surface area contributed by atoms with Crippen LogP contribution in [-0.4, -0.2) is 17.9 Å². The summed E-state index contributed by atoms with van der Waals surface area (Å²) in [6, 6.07) is 11.2. The van der Waals surface area contributed by atoms with Gasteiger partial charge in [-0.2, -0.15) is 0 Å². The van der Waals surface area contributed by atoms with Gasteiger partial charge in [-0.3, -0.25) is 15.5 Å². The fourth-order valence-electron chi connectivity index (χ4n) is 1.95. The van der Waals surface area contributed by atoms with Crippen LogP contribution >= 0.6 is 0 Å². The Balaban J connectivity index is 2.26. The molecule has 0 aliphatic carbocycles. The molecule has 2 aromatic rings. The molecule has 0 aromatic heterocycles. The highest BCUT2D eigenvalue weighted by Crippen LogP contribution is 2.31. The van der Waals surface area contributed by atoms with Crippen LogP contribution in [0.5, 0.6) is 11.5 Å². The van der Waals surface area contributed by atoms with E-state index in [1.54, 1.807) is 30.3 Å². The number of para-hydroxylation sites is 1. The number of ether oxygens (including phenoxy) is 2. The number of methoxy groups -OCH3 is 1. The third kappa shape index (κ3) is 3.32. The molecule has 0 heterocycles. The van der Waals surface area contributed by atoms with Crippen LogP contribution in [0.1, 0.15) is 11.1 Å². The van der Waals surface area contributed by atoms with Crippen molar-refractivity contribution in [2.75, 3.05) is 7.11 Å². The number of amidine groups is 1. The van der Waals surface area contributed by atoms with Gasteiger partial charge in [-0.05, 0) is 17.7 Å². The van der Waals surface area contributed by atoms with Crippen LogP contribution < -0.4 is 15.2 Å². The highest BCUT2D eigenvalue weighted by molar-refractivity contribution is 5.98. The van der Waals surface area contributed by atoms with E-state index >= 15 is 0 Å².